The van der Waals surface area contributed by atoms with Crippen LogP contribution in [-0.4, -0.2) is 125 Å². The first-order valence-corrected chi connectivity index (χ1v) is 24.9. The minimum atomic E-state index is -1.64. The van der Waals surface area contributed by atoms with Gasteiger partial charge in [-0.2, -0.15) is 0 Å². The Labute approximate surface area is 443 Å². The Kier molecular flexibility index (Phi) is 18.7. The molecule has 1 aliphatic heterocycles. The zero-order valence-electron chi connectivity index (χ0n) is 45.9. The van der Waals surface area contributed by atoms with Gasteiger partial charge in [0.25, 0.3) is 5.91 Å². The molecule has 0 spiro atoms. The number of nitrogens with two attached hydrogens (primary N) is 1. The molecule has 21 heteroatoms. The van der Waals surface area contributed by atoms with Crippen LogP contribution in [-0.2, 0) is 45.2 Å². The number of alkyl carbamates (subject to hydrolysis) is 2. The van der Waals surface area contributed by atoms with Crippen LogP contribution in [0.2, 0.25) is 0 Å². The van der Waals surface area contributed by atoms with Gasteiger partial charge in [-0.25, -0.2) is 24.4 Å². The molecule has 0 saturated carbocycles. The largest absolute Gasteiger partial charge is 0.505 e. The molecule has 0 radical (unpaired) electrons. The van der Waals surface area contributed by atoms with Gasteiger partial charge >= 0.3 is 18.2 Å². The number of aromatic hydroxyl groups is 1. The molecule has 5 rings (SSSR count). The van der Waals surface area contributed by atoms with Gasteiger partial charge in [-0.05, 0) is 115 Å². The van der Waals surface area contributed by atoms with Gasteiger partial charge in [0.2, 0.25) is 17.7 Å². The van der Waals surface area contributed by atoms with E-state index in [1.54, 1.807) is 73.6 Å². The van der Waals surface area contributed by atoms with Gasteiger partial charge in [0.05, 0.1) is 36.3 Å². The van der Waals surface area contributed by atoms with Crippen molar-refractivity contribution in [2.75, 3.05) is 39.6 Å². The Balaban J connectivity index is 1.59. The first-order valence-electron chi connectivity index (χ1n) is 24.9. The van der Waals surface area contributed by atoms with Gasteiger partial charge in [-0.3, -0.25) is 19.2 Å². The maximum absolute atomic E-state index is 15.1. The maximum atomic E-state index is 15.1. The standard InChI is InChI=1S/C55H73N9O12/c1-29-42(30(2)60-45(59-29)33-16-18-35(19-17-33)53(4,5)6)47(67)62-39(21-22-57-51(71)75-54(7,8)9)49(69)64(13)43-34-27-37(44(65)38(56)28-34)36-25-32(15-20-41(36)74-24-23-58-52(72)76-55(10,11)12)26-40(50(70)73-14)63-46(66)31(3)61-48(43)68/h15-20,25,27-28,31,39-40,43,65H,21-24,26,56H2,1-14H3,(H,57,71)(H,58,72)(H,61,68)(H,62,67)(H,63,66)/t31-,39-,40-,43-/m0/s1. The molecule has 2 heterocycles. The highest BCUT2D eigenvalue weighted by atomic mass is 16.6. The summed E-state index contributed by atoms with van der Waals surface area (Å²) < 4.78 is 21.9. The van der Waals surface area contributed by atoms with Crippen LogP contribution in [0.3, 0.4) is 0 Å². The molecule has 410 valence electrons. The molecule has 1 aromatic heterocycles. The number of nitrogens with zero attached hydrogens (tertiary/aromatic N) is 3. The number of aromatic nitrogens is 2. The number of phenolic OH excluding ortho intramolecular Hbond substituents is 1. The minimum Gasteiger partial charge on any atom is -0.505 e. The lowest BCUT2D eigenvalue weighted by Gasteiger charge is -2.33. The molecular weight excluding hydrogens is 979 g/mol. The number of methoxy groups -OCH3 is 1. The van der Waals surface area contributed by atoms with E-state index in [0.29, 0.717) is 22.8 Å². The number of benzene rings is 3. The predicted molar refractivity (Wildman–Crippen MR) is 284 cm³/mol. The molecule has 3 aromatic carbocycles. The first-order chi connectivity index (χ1) is 35.4. The molecule has 0 saturated heterocycles. The number of phenols is 1. The van der Waals surface area contributed by atoms with Crippen LogP contribution in [0.4, 0.5) is 15.3 Å². The highest BCUT2D eigenvalue weighted by Gasteiger charge is 2.37. The Bertz CT molecular complexity index is 2810. The number of hydrogen-bond donors (Lipinski definition) is 7. The third kappa shape index (κ3) is 15.5. The molecular formula is C55H73N9O12. The van der Waals surface area contributed by atoms with Crippen molar-refractivity contribution < 1.29 is 57.6 Å². The monoisotopic (exact) mass is 1050 g/mol. The van der Waals surface area contributed by atoms with Crippen molar-refractivity contribution in [3.8, 4) is 34.0 Å². The molecule has 0 unspecified atom stereocenters. The molecule has 1 aliphatic rings. The van der Waals surface area contributed by atoms with Crippen LogP contribution in [0.25, 0.3) is 22.5 Å². The Morgan fingerprint density at radius 1 is 0.816 bits per heavy atom. The van der Waals surface area contributed by atoms with Gasteiger partial charge < -0.3 is 61.3 Å². The number of rotatable bonds is 13. The van der Waals surface area contributed by atoms with E-state index in [0.717, 1.165) is 23.1 Å². The highest BCUT2D eigenvalue weighted by molar-refractivity contribution is 6.01. The third-order valence-electron chi connectivity index (χ3n) is 12.0. The number of aryl methyl sites for hydroxylation is 2. The first kappa shape index (κ1) is 58.9. The smallest absolute Gasteiger partial charge is 0.407 e. The van der Waals surface area contributed by atoms with E-state index in [1.807, 2.05) is 24.3 Å². The normalized spacial score (nSPS) is 16.4. The Morgan fingerprint density at radius 2 is 1.41 bits per heavy atom. The van der Waals surface area contributed by atoms with E-state index < -0.39 is 82.9 Å². The molecule has 0 aliphatic carbocycles. The van der Waals surface area contributed by atoms with Gasteiger partial charge in [0.1, 0.15) is 53.5 Å². The fraction of sp³-hybridized carbons (Fsp3) is 0.473. The number of esters is 1. The maximum Gasteiger partial charge on any atom is 0.407 e. The van der Waals surface area contributed by atoms with E-state index >= 15 is 4.79 Å². The van der Waals surface area contributed by atoms with Crippen molar-refractivity contribution in [2.45, 2.75) is 137 Å². The van der Waals surface area contributed by atoms with Crippen LogP contribution in [0.15, 0.2) is 54.6 Å². The van der Waals surface area contributed by atoms with Gasteiger partial charge in [0, 0.05) is 36.7 Å². The molecule has 6 amide bonds. The van der Waals surface area contributed by atoms with Crippen LogP contribution < -0.4 is 37.1 Å². The van der Waals surface area contributed by atoms with Crippen molar-refractivity contribution in [2.24, 2.45) is 0 Å². The second-order valence-corrected chi connectivity index (χ2v) is 21.6. The summed E-state index contributed by atoms with van der Waals surface area (Å²) in [6.45, 7) is 20.9. The lowest BCUT2D eigenvalue weighted by Crippen LogP contribution is -2.55. The molecule has 21 nitrogen and oxygen atoms in total. The topological polar surface area (TPSA) is 292 Å². The molecule has 0 fully saturated rings. The lowest BCUT2D eigenvalue weighted by molar-refractivity contribution is -0.145. The number of nitrogen functional groups attached to an aromatic ring is 1. The van der Waals surface area contributed by atoms with E-state index in [4.69, 9.17) is 24.7 Å². The van der Waals surface area contributed by atoms with Crippen LogP contribution >= 0.6 is 0 Å². The van der Waals surface area contributed by atoms with Crippen molar-refractivity contribution in [3.05, 3.63) is 88.2 Å². The van der Waals surface area contributed by atoms with E-state index in [2.05, 4.69) is 57.3 Å². The zero-order valence-corrected chi connectivity index (χ0v) is 45.9. The number of carbonyl (C=O) groups excluding carboxylic acids is 7. The summed E-state index contributed by atoms with van der Waals surface area (Å²) in [4.78, 5) is 107. The summed E-state index contributed by atoms with van der Waals surface area (Å²) >= 11 is 0. The predicted octanol–water partition coefficient (Wildman–Crippen LogP) is 5.85. The number of fused-ring (bicyclic) bond motifs is 5. The van der Waals surface area contributed by atoms with E-state index in [1.165, 1.54) is 26.1 Å². The van der Waals surface area contributed by atoms with Crippen LogP contribution in [0.1, 0.15) is 120 Å². The lowest BCUT2D eigenvalue weighted by atomic mass is 9.86. The number of ether oxygens (including phenoxy) is 4. The molecule has 8 N–H and O–H groups in total. The fourth-order valence-corrected chi connectivity index (χ4v) is 8.28. The fourth-order valence-electron chi connectivity index (χ4n) is 8.28. The Hall–Kier alpha value is -7.97. The van der Waals surface area contributed by atoms with E-state index in [9.17, 15) is 33.9 Å². The summed E-state index contributed by atoms with van der Waals surface area (Å²) in [5.41, 5.74) is 7.99. The van der Waals surface area contributed by atoms with Crippen molar-refractivity contribution in [1.82, 2.24) is 41.5 Å². The SMILES string of the molecule is COC(=O)[C@@H]1Cc2ccc(OCCNC(=O)OC(C)(C)C)c(c2)-c2cc(cc(N)c2O)[C@H](N(C)C(=O)[C@H](CCNC(=O)OC(C)(C)C)NC(=O)c2c(C)nc(-c3ccc(C(C)(C)C)cc3)nc2C)C(=O)N[C@@H](C)C(=O)N1. The molecule has 4 aromatic rings. The average molecular weight is 1050 g/mol. The highest BCUT2D eigenvalue weighted by Crippen LogP contribution is 2.43. The van der Waals surface area contributed by atoms with Crippen molar-refractivity contribution in [1.29, 1.82) is 0 Å². The number of likely N-dealkylation sites (N-methyl/N-ethyl adjacent to an activating group) is 1. The number of amides is 6. The average Bonchev–Trinajstić information content (AvgIpc) is 3.31. The van der Waals surface area contributed by atoms with E-state index in [-0.39, 0.29) is 71.6 Å². The second-order valence-electron chi connectivity index (χ2n) is 21.6. The van der Waals surface area contributed by atoms with Gasteiger partial charge in [-0.15, -0.1) is 0 Å². The van der Waals surface area contributed by atoms with Gasteiger partial charge in [0.15, 0.2) is 5.82 Å². The Morgan fingerprint density at radius 3 is 1.97 bits per heavy atom. The van der Waals surface area contributed by atoms with Crippen LogP contribution in [0, 0.1) is 13.8 Å². The number of anilines is 1. The summed E-state index contributed by atoms with van der Waals surface area (Å²) in [6, 6.07) is 9.70. The van der Waals surface area contributed by atoms with Crippen molar-refractivity contribution in [3.63, 3.8) is 0 Å². The number of nitrogens with one attached hydrogen (secondary N) is 5. The number of carbonyl (C=O) groups is 7. The quantitative estimate of drug-likeness (QED) is 0.0272. The summed E-state index contributed by atoms with van der Waals surface area (Å²) in [7, 11) is 2.47. The second kappa shape index (κ2) is 24.1. The minimum absolute atomic E-state index is 0.00273. The number of hydrogen-bond acceptors (Lipinski definition) is 15. The third-order valence-corrected chi connectivity index (χ3v) is 12.0. The van der Waals surface area contributed by atoms with Crippen LogP contribution in [0.5, 0.6) is 11.5 Å². The molecule has 76 heavy (non-hydrogen) atoms. The summed E-state index contributed by atoms with van der Waals surface area (Å²) in [6.07, 6.45) is -1.77. The van der Waals surface area contributed by atoms with Gasteiger partial charge in [-0.1, -0.05) is 51.1 Å². The summed E-state index contributed by atoms with van der Waals surface area (Å²) in [5, 5.41) is 25.1. The summed E-state index contributed by atoms with van der Waals surface area (Å²) in [5.74, 6) is -3.88. The molecule has 4 bridgehead atoms. The molecule has 4 atom stereocenters. The zero-order chi connectivity index (χ0) is 56.6. The van der Waals surface area contributed by atoms with Crippen molar-refractivity contribution >= 4 is 47.5 Å².